The molecule has 4 heterocycles. The highest BCUT2D eigenvalue weighted by molar-refractivity contribution is 7.89. The summed E-state index contributed by atoms with van der Waals surface area (Å²) in [6.45, 7) is 3.46. The number of ether oxygens (including phenoxy) is 1. The van der Waals surface area contributed by atoms with E-state index in [1.807, 2.05) is 4.57 Å². The van der Waals surface area contributed by atoms with Gasteiger partial charge in [0.05, 0.1) is 12.8 Å². The molecule has 0 atom stereocenters. The molecular formula is C13H19N3O3S. The van der Waals surface area contributed by atoms with Gasteiger partial charge >= 0.3 is 0 Å². The van der Waals surface area contributed by atoms with Gasteiger partial charge in [0.25, 0.3) is 10.0 Å². The molecular weight excluding hydrogens is 278 g/mol. The molecule has 7 heteroatoms. The van der Waals surface area contributed by atoms with Crippen LogP contribution >= 0.6 is 0 Å². The van der Waals surface area contributed by atoms with Crippen molar-refractivity contribution in [3.05, 3.63) is 12.0 Å². The van der Waals surface area contributed by atoms with Crippen molar-refractivity contribution in [1.82, 2.24) is 13.9 Å². The third kappa shape index (κ3) is 1.76. The molecule has 0 radical (unpaired) electrons. The molecule has 110 valence electrons. The minimum Gasteiger partial charge on any atom is -0.381 e. The van der Waals surface area contributed by atoms with Gasteiger partial charge in [-0.05, 0) is 19.3 Å². The van der Waals surface area contributed by atoms with E-state index in [0.717, 1.165) is 44.7 Å². The normalized spacial score (nSPS) is 25.6. The molecule has 3 aliphatic rings. The number of imidazole rings is 1. The molecule has 0 saturated carbocycles. The van der Waals surface area contributed by atoms with Crippen molar-refractivity contribution in [2.75, 3.05) is 26.3 Å². The topological polar surface area (TPSA) is 64.4 Å². The van der Waals surface area contributed by atoms with Crippen LogP contribution in [0.15, 0.2) is 11.2 Å². The van der Waals surface area contributed by atoms with E-state index in [2.05, 4.69) is 4.98 Å². The first-order valence-electron chi connectivity index (χ1n) is 7.23. The van der Waals surface area contributed by atoms with Crippen LogP contribution in [0.25, 0.3) is 0 Å². The van der Waals surface area contributed by atoms with E-state index < -0.39 is 10.0 Å². The maximum absolute atomic E-state index is 12.7. The summed E-state index contributed by atoms with van der Waals surface area (Å²) in [4.78, 5) is 4.24. The molecule has 0 aliphatic carbocycles. The first-order valence-corrected chi connectivity index (χ1v) is 8.67. The zero-order valence-corrected chi connectivity index (χ0v) is 12.2. The third-order valence-corrected chi connectivity index (χ3v) is 6.51. The molecule has 1 spiro atoms. The SMILES string of the molecule is O=S(=O)(c1cnc2n1CCC2)N1CC2(CCCOC2)C1. The van der Waals surface area contributed by atoms with E-state index in [0.29, 0.717) is 24.7 Å². The van der Waals surface area contributed by atoms with Crippen molar-refractivity contribution in [1.29, 1.82) is 0 Å². The lowest BCUT2D eigenvalue weighted by molar-refractivity contribution is -0.0703. The minimum absolute atomic E-state index is 0.0686. The van der Waals surface area contributed by atoms with Crippen LogP contribution in [0.5, 0.6) is 0 Å². The number of fused-ring (bicyclic) bond motifs is 1. The van der Waals surface area contributed by atoms with Crippen molar-refractivity contribution in [3.63, 3.8) is 0 Å². The van der Waals surface area contributed by atoms with Crippen LogP contribution in [0.4, 0.5) is 0 Å². The average molecular weight is 297 g/mol. The molecule has 2 saturated heterocycles. The van der Waals surface area contributed by atoms with E-state index in [1.54, 1.807) is 4.31 Å². The second-order valence-corrected chi connectivity index (χ2v) is 8.08. The van der Waals surface area contributed by atoms with E-state index in [4.69, 9.17) is 4.74 Å². The van der Waals surface area contributed by atoms with Crippen molar-refractivity contribution in [3.8, 4) is 0 Å². The van der Waals surface area contributed by atoms with E-state index in [-0.39, 0.29) is 5.41 Å². The maximum Gasteiger partial charge on any atom is 0.260 e. The van der Waals surface area contributed by atoms with Gasteiger partial charge in [0.1, 0.15) is 5.82 Å². The van der Waals surface area contributed by atoms with Crippen molar-refractivity contribution in [2.45, 2.75) is 37.3 Å². The lowest BCUT2D eigenvalue weighted by Gasteiger charge is -2.50. The number of hydrogen-bond donors (Lipinski definition) is 0. The zero-order chi connectivity index (χ0) is 13.8. The Labute approximate surface area is 118 Å². The Morgan fingerprint density at radius 3 is 2.90 bits per heavy atom. The van der Waals surface area contributed by atoms with Crippen LogP contribution in [0.2, 0.25) is 0 Å². The first kappa shape index (κ1) is 12.8. The lowest BCUT2D eigenvalue weighted by atomic mass is 9.77. The Bertz CT molecular complexity index is 623. The van der Waals surface area contributed by atoms with Gasteiger partial charge in [0.15, 0.2) is 5.03 Å². The molecule has 6 nitrogen and oxygen atoms in total. The van der Waals surface area contributed by atoms with Gasteiger partial charge in [-0.1, -0.05) is 0 Å². The molecule has 3 aliphatic heterocycles. The van der Waals surface area contributed by atoms with E-state index >= 15 is 0 Å². The molecule has 4 rings (SSSR count). The van der Waals surface area contributed by atoms with Gasteiger partial charge in [-0.2, -0.15) is 4.31 Å². The summed E-state index contributed by atoms with van der Waals surface area (Å²) >= 11 is 0. The summed E-state index contributed by atoms with van der Waals surface area (Å²) in [6, 6.07) is 0. The molecule has 1 aromatic rings. The van der Waals surface area contributed by atoms with Gasteiger partial charge in [-0.15, -0.1) is 0 Å². The monoisotopic (exact) mass is 297 g/mol. The molecule has 2 fully saturated rings. The summed E-state index contributed by atoms with van der Waals surface area (Å²) in [5.41, 5.74) is 0.0686. The van der Waals surface area contributed by atoms with Gasteiger partial charge in [0.2, 0.25) is 0 Å². The van der Waals surface area contributed by atoms with Gasteiger partial charge in [-0.25, -0.2) is 13.4 Å². The van der Waals surface area contributed by atoms with Crippen LogP contribution in [0, 0.1) is 5.41 Å². The van der Waals surface area contributed by atoms with Crippen molar-refractivity contribution in [2.24, 2.45) is 5.41 Å². The second-order valence-electron chi connectivity index (χ2n) is 6.20. The van der Waals surface area contributed by atoms with Crippen molar-refractivity contribution >= 4 is 10.0 Å². The Morgan fingerprint density at radius 1 is 1.30 bits per heavy atom. The Hall–Kier alpha value is -0.920. The molecule has 1 aromatic heterocycles. The lowest BCUT2D eigenvalue weighted by Crippen LogP contribution is -2.61. The van der Waals surface area contributed by atoms with Crippen LogP contribution in [-0.2, 0) is 27.7 Å². The standard InChI is InChI=1S/C13H19N3O3S/c17-20(18,12-7-14-11-3-1-5-16(11)12)15-8-13(9-15)4-2-6-19-10-13/h7H,1-6,8-10H2. The molecule has 0 amide bonds. The minimum atomic E-state index is -3.38. The average Bonchev–Trinajstić information content (AvgIpc) is 2.98. The molecule has 0 N–H and O–H groups in total. The van der Waals surface area contributed by atoms with Crippen molar-refractivity contribution < 1.29 is 13.2 Å². The van der Waals surface area contributed by atoms with E-state index in [9.17, 15) is 8.42 Å². The largest absolute Gasteiger partial charge is 0.381 e. The third-order valence-electron chi connectivity index (χ3n) is 4.72. The van der Waals surface area contributed by atoms with Crippen LogP contribution in [0.3, 0.4) is 0 Å². The quantitative estimate of drug-likeness (QED) is 0.803. The molecule has 0 unspecified atom stereocenters. The summed E-state index contributed by atoms with van der Waals surface area (Å²) in [5, 5.41) is 0.372. The fourth-order valence-electron chi connectivity index (χ4n) is 3.60. The number of hydrogen-bond acceptors (Lipinski definition) is 4. The smallest absolute Gasteiger partial charge is 0.260 e. The van der Waals surface area contributed by atoms with Crippen LogP contribution < -0.4 is 0 Å². The number of aromatic nitrogens is 2. The van der Waals surface area contributed by atoms with Crippen LogP contribution in [-0.4, -0.2) is 48.6 Å². The predicted molar refractivity (Wildman–Crippen MR) is 71.8 cm³/mol. The Kier molecular flexibility index (Phi) is 2.74. The summed E-state index contributed by atoms with van der Waals surface area (Å²) < 4.78 is 34.3. The molecule has 0 bridgehead atoms. The highest BCUT2D eigenvalue weighted by Gasteiger charge is 2.50. The van der Waals surface area contributed by atoms with E-state index in [1.165, 1.54) is 6.20 Å². The highest BCUT2D eigenvalue weighted by atomic mass is 32.2. The summed E-state index contributed by atoms with van der Waals surface area (Å²) in [5.74, 6) is 0.903. The predicted octanol–water partition coefficient (Wildman–Crippen LogP) is 0.630. The number of aryl methyl sites for hydroxylation is 1. The number of nitrogens with zero attached hydrogens (tertiary/aromatic N) is 3. The number of sulfonamides is 1. The number of rotatable bonds is 2. The highest BCUT2D eigenvalue weighted by Crippen LogP contribution is 2.41. The molecule has 20 heavy (non-hydrogen) atoms. The fourth-order valence-corrected chi connectivity index (χ4v) is 5.41. The Morgan fingerprint density at radius 2 is 2.15 bits per heavy atom. The van der Waals surface area contributed by atoms with Crippen LogP contribution in [0.1, 0.15) is 25.1 Å². The maximum atomic E-state index is 12.7. The first-order chi connectivity index (χ1) is 9.61. The second kappa shape index (κ2) is 4.29. The van der Waals surface area contributed by atoms with Gasteiger partial charge in [-0.3, -0.25) is 0 Å². The van der Waals surface area contributed by atoms with Gasteiger partial charge in [0, 0.05) is 38.1 Å². The summed E-state index contributed by atoms with van der Waals surface area (Å²) in [7, 11) is -3.38. The summed E-state index contributed by atoms with van der Waals surface area (Å²) in [6.07, 6.45) is 5.50. The Balaban J connectivity index is 1.56. The molecule has 0 aromatic carbocycles. The van der Waals surface area contributed by atoms with Gasteiger partial charge < -0.3 is 9.30 Å². The fraction of sp³-hybridized carbons (Fsp3) is 0.769. The zero-order valence-electron chi connectivity index (χ0n) is 11.4.